The minimum atomic E-state index is 0.521. The summed E-state index contributed by atoms with van der Waals surface area (Å²) in [5.41, 5.74) is 2.09. The average molecular weight is 302 g/mol. The maximum atomic E-state index is 6.03. The number of hydrogen-bond donors (Lipinski definition) is 1. The first-order valence-corrected chi connectivity index (χ1v) is 7.78. The summed E-state index contributed by atoms with van der Waals surface area (Å²) in [6.07, 6.45) is 6.14. The summed E-state index contributed by atoms with van der Waals surface area (Å²) in [5, 5.41) is 5.53. The minimum absolute atomic E-state index is 0.521. The van der Waals surface area contributed by atoms with Crippen molar-refractivity contribution in [3.63, 3.8) is 0 Å². The number of halogens is 1. The number of nitrogens with zero attached hydrogens (tertiary/aromatic N) is 2. The van der Waals surface area contributed by atoms with Crippen LogP contribution in [0.25, 0.3) is 10.9 Å². The molecular formula is C17H20ClN3. The number of pyridine rings is 1. The van der Waals surface area contributed by atoms with E-state index in [1.807, 2.05) is 36.5 Å². The number of anilines is 1. The third-order valence-corrected chi connectivity index (χ3v) is 4.27. The molecule has 21 heavy (non-hydrogen) atoms. The summed E-state index contributed by atoms with van der Waals surface area (Å²) in [4.78, 5) is 6.83. The molecular weight excluding hydrogens is 282 g/mol. The second-order valence-corrected chi connectivity index (χ2v) is 5.96. The van der Waals surface area contributed by atoms with Gasteiger partial charge in [0.2, 0.25) is 0 Å². The molecule has 1 aromatic heterocycles. The molecule has 1 aromatic carbocycles. The highest BCUT2D eigenvalue weighted by atomic mass is 35.5. The first kappa shape index (κ1) is 14.4. The Hall–Kier alpha value is -1.58. The van der Waals surface area contributed by atoms with Crippen molar-refractivity contribution in [3.05, 3.63) is 48.1 Å². The molecule has 0 spiro atoms. The Morgan fingerprint density at radius 2 is 2.14 bits per heavy atom. The van der Waals surface area contributed by atoms with E-state index < -0.39 is 0 Å². The van der Waals surface area contributed by atoms with Crippen LogP contribution in [0.1, 0.15) is 12.8 Å². The Balaban J connectivity index is 1.72. The highest BCUT2D eigenvalue weighted by molar-refractivity contribution is 6.31. The molecule has 3 nitrogen and oxygen atoms in total. The number of benzene rings is 1. The van der Waals surface area contributed by atoms with Gasteiger partial charge >= 0.3 is 0 Å². The molecule has 0 bridgehead atoms. The van der Waals surface area contributed by atoms with Gasteiger partial charge in [-0.05, 0) is 37.1 Å². The van der Waals surface area contributed by atoms with E-state index in [0.29, 0.717) is 6.04 Å². The van der Waals surface area contributed by atoms with Gasteiger partial charge in [0.15, 0.2) is 0 Å². The van der Waals surface area contributed by atoms with Crippen LogP contribution in [0.15, 0.2) is 43.1 Å². The van der Waals surface area contributed by atoms with E-state index in [1.54, 1.807) is 0 Å². The highest BCUT2D eigenvalue weighted by Crippen LogP contribution is 2.26. The Kier molecular flexibility index (Phi) is 4.42. The van der Waals surface area contributed by atoms with Crippen molar-refractivity contribution >= 4 is 28.2 Å². The fourth-order valence-electron chi connectivity index (χ4n) is 2.91. The second kappa shape index (κ2) is 6.46. The SMILES string of the molecule is C=CCN1CCC(Nc2ccnc3cc(Cl)ccc23)CC1. The molecule has 110 valence electrons. The van der Waals surface area contributed by atoms with Crippen molar-refractivity contribution in [1.82, 2.24) is 9.88 Å². The van der Waals surface area contributed by atoms with E-state index in [4.69, 9.17) is 11.6 Å². The van der Waals surface area contributed by atoms with Gasteiger partial charge in [0.05, 0.1) is 5.52 Å². The van der Waals surface area contributed by atoms with Crippen molar-refractivity contribution in [3.8, 4) is 0 Å². The summed E-state index contributed by atoms with van der Waals surface area (Å²) in [5.74, 6) is 0. The normalized spacial score (nSPS) is 17.0. The molecule has 0 radical (unpaired) electrons. The Labute approximate surface area is 130 Å². The molecule has 3 rings (SSSR count). The van der Waals surface area contributed by atoms with Crippen LogP contribution in [0.3, 0.4) is 0 Å². The summed E-state index contributed by atoms with van der Waals surface area (Å²) >= 11 is 6.03. The van der Waals surface area contributed by atoms with E-state index in [9.17, 15) is 0 Å². The zero-order valence-electron chi connectivity index (χ0n) is 12.1. The van der Waals surface area contributed by atoms with Crippen molar-refractivity contribution in [1.29, 1.82) is 0 Å². The van der Waals surface area contributed by atoms with Crippen LogP contribution in [0.4, 0.5) is 5.69 Å². The van der Waals surface area contributed by atoms with Crippen molar-refractivity contribution < 1.29 is 0 Å². The molecule has 0 unspecified atom stereocenters. The van der Waals surface area contributed by atoms with E-state index in [-0.39, 0.29) is 0 Å². The molecule has 4 heteroatoms. The average Bonchev–Trinajstić information content (AvgIpc) is 2.49. The fraction of sp³-hybridized carbons (Fsp3) is 0.353. The molecule has 0 atom stereocenters. The molecule has 1 aliphatic rings. The van der Waals surface area contributed by atoms with Crippen molar-refractivity contribution in [2.24, 2.45) is 0 Å². The van der Waals surface area contributed by atoms with Gasteiger partial charge in [0.25, 0.3) is 0 Å². The van der Waals surface area contributed by atoms with E-state index in [2.05, 4.69) is 21.8 Å². The van der Waals surface area contributed by atoms with Crippen LogP contribution in [0.2, 0.25) is 5.02 Å². The fourth-order valence-corrected chi connectivity index (χ4v) is 3.08. The van der Waals surface area contributed by atoms with Gasteiger partial charge in [0.1, 0.15) is 0 Å². The Morgan fingerprint density at radius 1 is 1.33 bits per heavy atom. The Bertz CT molecular complexity index is 633. The van der Waals surface area contributed by atoms with Gasteiger partial charge < -0.3 is 5.32 Å². The molecule has 1 saturated heterocycles. The van der Waals surface area contributed by atoms with Gasteiger partial charge in [-0.25, -0.2) is 0 Å². The number of nitrogens with one attached hydrogen (secondary N) is 1. The molecule has 0 saturated carbocycles. The van der Waals surface area contributed by atoms with Crippen molar-refractivity contribution in [2.45, 2.75) is 18.9 Å². The summed E-state index contributed by atoms with van der Waals surface area (Å²) in [7, 11) is 0. The standard InChI is InChI=1S/C17H20ClN3/c1-2-9-21-10-6-14(7-11-21)20-16-5-8-19-17-12-13(18)3-4-15(16)17/h2-5,8,12,14H,1,6-7,9-11H2,(H,19,20). The van der Waals surface area contributed by atoms with Crippen LogP contribution in [-0.2, 0) is 0 Å². The maximum absolute atomic E-state index is 6.03. The monoisotopic (exact) mass is 301 g/mol. The van der Waals surface area contributed by atoms with Crippen LogP contribution in [0, 0.1) is 0 Å². The quantitative estimate of drug-likeness (QED) is 0.867. The summed E-state index contributed by atoms with van der Waals surface area (Å²) in [6.45, 7) is 7.04. The van der Waals surface area contributed by atoms with Gasteiger partial charge in [-0.2, -0.15) is 0 Å². The first-order chi connectivity index (χ1) is 10.3. The predicted octanol–water partition coefficient (Wildman–Crippen LogP) is 3.95. The van der Waals surface area contributed by atoms with E-state index in [0.717, 1.165) is 54.1 Å². The van der Waals surface area contributed by atoms with Crippen LogP contribution < -0.4 is 5.32 Å². The third kappa shape index (κ3) is 3.36. The number of fused-ring (bicyclic) bond motifs is 1. The Morgan fingerprint density at radius 3 is 2.90 bits per heavy atom. The molecule has 0 amide bonds. The summed E-state index contributed by atoms with van der Waals surface area (Å²) < 4.78 is 0. The molecule has 2 aromatic rings. The number of aromatic nitrogens is 1. The lowest BCUT2D eigenvalue weighted by Crippen LogP contribution is -2.39. The molecule has 1 N–H and O–H groups in total. The number of hydrogen-bond acceptors (Lipinski definition) is 3. The highest BCUT2D eigenvalue weighted by Gasteiger charge is 2.18. The first-order valence-electron chi connectivity index (χ1n) is 7.40. The van der Waals surface area contributed by atoms with Gasteiger partial charge in [0, 0.05) is 48.0 Å². The lowest BCUT2D eigenvalue weighted by atomic mass is 10.0. The number of rotatable bonds is 4. The summed E-state index contributed by atoms with van der Waals surface area (Å²) in [6, 6.07) is 8.44. The third-order valence-electron chi connectivity index (χ3n) is 4.04. The topological polar surface area (TPSA) is 28.2 Å². The van der Waals surface area contributed by atoms with Gasteiger partial charge in [-0.15, -0.1) is 6.58 Å². The van der Waals surface area contributed by atoms with E-state index >= 15 is 0 Å². The molecule has 2 heterocycles. The zero-order chi connectivity index (χ0) is 14.7. The zero-order valence-corrected chi connectivity index (χ0v) is 12.8. The molecule has 0 aliphatic carbocycles. The predicted molar refractivity (Wildman–Crippen MR) is 90.0 cm³/mol. The second-order valence-electron chi connectivity index (χ2n) is 5.53. The van der Waals surface area contributed by atoms with E-state index in [1.165, 1.54) is 0 Å². The van der Waals surface area contributed by atoms with Crippen molar-refractivity contribution in [2.75, 3.05) is 25.0 Å². The number of piperidine rings is 1. The largest absolute Gasteiger partial charge is 0.382 e. The maximum Gasteiger partial charge on any atom is 0.0737 e. The van der Waals surface area contributed by atoms with Gasteiger partial charge in [-0.1, -0.05) is 17.7 Å². The smallest absolute Gasteiger partial charge is 0.0737 e. The molecule has 1 fully saturated rings. The number of likely N-dealkylation sites (tertiary alicyclic amines) is 1. The lowest BCUT2D eigenvalue weighted by molar-refractivity contribution is 0.240. The van der Waals surface area contributed by atoms with Crippen LogP contribution in [0.5, 0.6) is 0 Å². The molecule has 1 aliphatic heterocycles. The van der Waals surface area contributed by atoms with Gasteiger partial charge in [-0.3, -0.25) is 9.88 Å². The lowest BCUT2D eigenvalue weighted by Gasteiger charge is -2.32. The minimum Gasteiger partial charge on any atom is -0.382 e. The van der Waals surface area contributed by atoms with Crippen LogP contribution >= 0.6 is 11.6 Å². The van der Waals surface area contributed by atoms with Crippen LogP contribution in [-0.4, -0.2) is 35.6 Å².